The number of benzene rings is 1. The quantitative estimate of drug-likeness (QED) is 0.567. The number of hydrogen-bond donors (Lipinski definition) is 1. The normalized spacial score (nSPS) is 13.9. The van der Waals surface area contributed by atoms with Crippen LogP contribution in [0.25, 0.3) is 11.3 Å². The van der Waals surface area contributed by atoms with Gasteiger partial charge in [-0.05, 0) is 19.9 Å². The zero-order valence-corrected chi connectivity index (χ0v) is 15.9. The average molecular weight is 399 g/mol. The summed E-state index contributed by atoms with van der Waals surface area (Å²) < 4.78 is 44.6. The number of ether oxygens (including phenoxy) is 1. The highest BCUT2D eigenvalue weighted by atomic mass is 32.2. The summed E-state index contributed by atoms with van der Waals surface area (Å²) in [5, 5.41) is 1.95. The molecule has 2 rings (SSSR count). The van der Waals surface area contributed by atoms with Gasteiger partial charge in [-0.1, -0.05) is 42.1 Å². The lowest BCUT2D eigenvalue weighted by Gasteiger charge is -2.17. The van der Waals surface area contributed by atoms with Crippen LogP contribution in [0.4, 0.5) is 13.2 Å². The lowest BCUT2D eigenvalue weighted by molar-refractivity contribution is -0.141. The van der Waals surface area contributed by atoms with E-state index in [1.54, 1.807) is 44.2 Å². The van der Waals surface area contributed by atoms with E-state index in [1.807, 2.05) is 0 Å². The monoisotopic (exact) mass is 399 g/mol. The second-order valence-corrected chi connectivity index (χ2v) is 7.22. The van der Waals surface area contributed by atoms with Gasteiger partial charge in [0.05, 0.1) is 17.6 Å². The fraction of sp³-hybridized carbons (Fsp3) is 0.389. The first-order valence-electron chi connectivity index (χ1n) is 8.18. The van der Waals surface area contributed by atoms with Crippen molar-refractivity contribution in [3.8, 4) is 11.3 Å². The topological polar surface area (TPSA) is 64.1 Å². The summed E-state index contributed by atoms with van der Waals surface area (Å²) in [6, 6.07) is 9.21. The minimum absolute atomic E-state index is 0.106. The molecular formula is C18H20F3N3O2S. The largest absolute Gasteiger partial charge is 0.433 e. The summed E-state index contributed by atoms with van der Waals surface area (Å²) in [6.45, 7) is 3.69. The summed E-state index contributed by atoms with van der Waals surface area (Å²) in [7, 11) is 1.52. The van der Waals surface area contributed by atoms with Crippen molar-refractivity contribution in [2.45, 2.75) is 36.5 Å². The molecule has 1 heterocycles. The molecule has 1 amide bonds. The van der Waals surface area contributed by atoms with Crippen molar-refractivity contribution in [2.24, 2.45) is 0 Å². The van der Waals surface area contributed by atoms with Gasteiger partial charge in [0.1, 0.15) is 5.69 Å². The summed E-state index contributed by atoms with van der Waals surface area (Å²) in [5.41, 5.74) is -0.349. The molecule has 1 aromatic heterocycles. The SMILES string of the molecule is COCC(C)NC(=O)C(C)Sc1nc(-c2ccccc2)cc(C(F)(F)F)n1. The number of alkyl halides is 3. The van der Waals surface area contributed by atoms with E-state index in [-0.39, 0.29) is 22.8 Å². The Morgan fingerprint density at radius 2 is 1.89 bits per heavy atom. The molecular weight excluding hydrogens is 379 g/mol. The Balaban J connectivity index is 2.26. The highest BCUT2D eigenvalue weighted by Crippen LogP contribution is 2.32. The Bertz CT molecular complexity index is 772. The molecule has 0 saturated heterocycles. The zero-order chi connectivity index (χ0) is 20.0. The van der Waals surface area contributed by atoms with Crippen LogP contribution in [0.15, 0.2) is 41.6 Å². The number of nitrogens with one attached hydrogen (secondary N) is 1. The number of nitrogens with zero attached hydrogens (tertiary/aromatic N) is 2. The van der Waals surface area contributed by atoms with E-state index in [1.165, 1.54) is 7.11 Å². The van der Waals surface area contributed by atoms with Crippen LogP contribution in [0.3, 0.4) is 0 Å². The van der Waals surface area contributed by atoms with E-state index in [0.717, 1.165) is 17.8 Å². The van der Waals surface area contributed by atoms with Crippen molar-refractivity contribution >= 4 is 17.7 Å². The fourth-order valence-corrected chi connectivity index (χ4v) is 3.04. The Hall–Kier alpha value is -2.13. The maximum absolute atomic E-state index is 13.2. The molecule has 27 heavy (non-hydrogen) atoms. The van der Waals surface area contributed by atoms with E-state index < -0.39 is 17.1 Å². The van der Waals surface area contributed by atoms with Gasteiger partial charge in [-0.2, -0.15) is 13.2 Å². The van der Waals surface area contributed by atoms with Gasteiger partial charge >= 0.3 is 6.18 Å². The molecule has 9 heteroatoms. The van der Waals surface area contributed by atoms with Crippen molar-refractivity contribution in [3.05, 3.63) is 42.1 Å². The van der Waals surface area contributed by atoms with E-state index in [2.05, 4.69) is 15.3 Å². The molecule has 0 aliphatic heterocycles. The fourth-order valence-electron chi connectivity index (χ4n) is 2.24. The van der Waals surface area contributed by atoms with E-state index in [9.17, 15) is 18.0 Å². The molecule has 2 unspecified atom stereocenters. The molecule has 5 nitrogen and oxygen atoms in total. The molecule has 2 aromatic rings. The summed E-state index contributed by atoms with van der Waals surface area (Å²) in [5.74, 6) is -0.327. The third-order valence-corrected chi connectivity index (χ3v) is 4.48. The van der Waals surface area contributed by atoms with Crippen molar-refractivity contribution in [3.63, 3.8) is 0 Å². The van der Waals surface area contributed by atoms with Gasteiger partial charge < -0.3 is 10.1 Å². The lowest BCUT2D eigenvalue weighted by atomic mass is 10.1. The number of amides is 1. The van der Waals surface area contributed by atoms with Crippen molar-refractivity contribution < 1.29 is 22.7 Å². The molecule has 0 spiro atoms. The van der Waals surface area contributed by atoms with Crippen LogP contribution in [0, 0.1) is 0 Å². The van der Waals surface area contributed by atoms with Gasteiger partial charge in [0.2, 0.25) is 5.91 Å². The van der Waals surface area contributed by atoms with Crippen LogP contribution in [0.5, 0.6) is 0 Å². The second kappa shape index (κ2) is 9.18. The summed E-state index contributed by atoms with van der Waals surface area (Å²) in [4.78, 5) is 20.0. The first kappa shape index (κ1) is 21.2. The maximum Gasteiger partial charge on any atom is 0.433 e. The number of thioether (sulfide) groups is 1. The standard InChI is InChI=1S/C18H20F3N3O2S/c1-11(10-26-3)22-16(25)12(2)27-17-23-14(13-7-5-4-6-8-13)9-15(24-17)18(19,20)21/h4-9,11-12H,10H2,1-3H3,(H,22,25). The summed E-state index contributed by atoms with van der Waals surface area (Å²) in [6.07, 6.45) is -4.61. The Morgan fingerprint density at radius 3 is 2.48 bits per heavy atom. The Kier molecular flexibility index (Phi) is 7.20. The van der Waals surface area contributed by atoms with Crippen LogP contribution >= 0.6 is 11.8 Å². The Morgan fingerprint density at radius 1 is 1.22 bits per heavy atom. The van der Waals surface area contributed by atoms with Gasteiger partial charge in [-0.15, -0.1) is 0 Å². The number of halogens is 3. The minimum Gasteiger partial charge on any atom is -0.383 e. The van der Waals surface area contributed by atoms with Crippen molar-refractivity contribution in [1.29, 1.82) is 0 Å². The van der Waals surface area contributed by atoms with Gasteiger partial charge in [0.15, 0.2) is 5.16 Å². The second-order valence-electron chi connectivity index (χ2n) is 5.91. The zero-order valence-electron chi connectivity index (χ0n) is 15.1. The lowest BCUT2D eigenvalue weighted by Crippen LogP contribution is -2.40. The molecule has 1 aromatic carbocycles. The van der Waals surface area contributed by atoms with Crippen LogP contribution < -0.4 is 5.32 Å². The third-order valence-electron chi connectivity index (χ3n) is 3.52. The molecule has 0 aliphatic carbocycles. The molecule has 0 aliphatic rings. The number of rotatable bonds is 7. The van der Waals surface area contributed by atoms with Crippen LogP contribution in [0.1, 0.15) is 19.5 Å². The number of carbonyl (C=O) groups is 1. The highest BCUT2D eigenvalue weighted by molar-refractivity contribution is 8.00. The molecule has 0 fully saturated rings. The van der Waals surface area contributed by atoms with E-state index in [0.29, 0.717) is 12.2 Å². The highest BCUT2D eigenvalue weighted by Gasteiger charge is 2.34. The molecule has 1 N–H and O–H groups in total. The van der Waals surface area contributed by atoms with E-state index >= 15 is 0 Å². The van der Waals surface area contributed by atoms with Crippen LogP contribution in [-0.4, -0.2) is 40.9 Å². The number of hydrogen-bond acceptors (Lipinski definition) is 5. The predicted octanol–water partition coefficient (Wildman–Crippen LogP) is 3.79. The molecule has 2 atom stereocenters. The smallest absolute Gasteiger partial charge is 0.383 e. The van der Waals surface area contributed by atoms with Gasteiger partial charge in [-0.25, -0.2) is 9.97 Å². The van der Waals surface area contributed by atoms with Crippen LogP contribution in [-0.2, 0) is 15.7 Å². The van der Waals surface area contributed by atoms with Crippen LogP contribution in [0.2, 0.25) is 0 Å². The van der Waals surface area contributed by atoms with Gasteiger partial charge in [0, 0.05) is 18.7 Å². The first-order chi connectivity index (χ1) is 12.7. The average Bonchev–Trinajstić information content (AvgIpc) is 2.61. The van der Waals surface area contributed by atoms with E-state index in [4.69, 9.17) is 4.74 Å². The maximum atomic E-state index is 13.2. The number of methoxy groups -OCH3 is 1. The predicted molar refractivity (Wildman–Crippen MR) is 97.3 cm³/mol. The molecule has 0 saturated carbocycles. The van der Waals surface area contributed by atoms with Crippen molar-refractivity contribution in [2.75, 3.05) is 13.7 Å². The number of aromatic nitrogens is 2. The van der Waals surface area contributed by atoms with Gasteiger partial charge in [-0.3, -0.25) is 4.79 Å². The Labute approximate surface area is 159 Å². The van der Waals surface area contributed by atoms with Crippen molar-refractivity contribution in [1.82, 2.24) is 15.3 Å². The third kappa shape index (κ3) is 6.21. The first-order valence-corrected chi connectivity index (χ1v) is 9.06. The molecule has 0 radical (unpaired) electrons. The molecule has 0 bridgehead atoms. The number of carbonyl (C=O) groups excluding carboxylic acids is 1. The molecule has 146 valence electrons. The summed E-state index contributed by atoms with van der Waals surface area (Å²) >= 11 is 0.876. The minimum atomic E-state index is -4.61. The van der Waals surface area contributed by atoms with Gasteiger partial charge in [0.25, 0.3) is 0 Å².